The van der Waals surface area contributed by atoms with Gasteiger partial charge in [0, 0.05) is 17.2 Å². The molecule has 0 bridgehead atoms. The fourth-order valence-electron chi connectivity index (χ4n) is 1.94. The predicted molar refractivity (Wildman–Crippen MR) is 74.4 cm³/mol. The molecule has 3 nitrogen and oxygen atoms in total. The molecule has 0 spiro atoms. The molecular formula is C7H9Cl5O3P2. The van der Waals surface area contributed by atoms with Crippen molar-refractivity contribution in [3.05, 3.63) is 0 Å². The molecule has 17 heavy (non-hydrogen) atoms. The quantitative estimate of drug-likeness (QED) is 0.471. The molecule has 0 aromatic carbocycles. The summed E-state index contributed by atoms with van der Waals surface area (Å²) >= 11 is 27.7. The van der Waals surface area contributed by atoms with Gasteiger partial charge in [-0.05, 0) is 75.8 Å². The molecule has 0 radical (unpaired) electrons. The van der Waals surface area contributed by atoms with Gasteiger partial charge >= 0.3 is 0 Å². The van der Waals surface area contributed by atoms with E-state index in [0.29, 0.717) is 0 Å². The molecule has 2 unspecified atom stereocenters. The van der Waals surface area contributed by atoms with Crippen LogP contribution in [-0.2, 0) is 13.9 Å². The molecule has 1 aliphatic rings. The Morgan fingerprint density at radius 1 is 0.882 bits per heavy atom. The van der Waals surface area contributed by atoms with Gasteiger partial charge in [0.2, 0.25) is 5.24 Å². The van der Waals surface area contributed by atoms with Crippen molar-refractivity contribution in [1.82, 2.24) is 0 Å². The van der Waals surface area contributed by atoms with Crippen molar-refractivity contribution in [1.29, 1.82) is 0 Å². The van der Waals surface area contributed by atoms with Crippen LogP contribution in [0.4, 0.5) is 0 Å². The van der Waals surface area contributed by atoms with Gasteiger partial charge in [-0.15, -0.1) is 0 Å². The van der Waals surface area contributed by atoms with Crippen molar-refractivity contribution in [2.75, 3.05) is 0 Å². The maximum atomic E-state index is 11.6. The molecule has 100 valence electrons. The number of carbonyl (C=O) groups excluding carboxylic acids is 1. The van der Waals surface area contributed by atoms with Crippen molar-refractivity contribution in [2.24, 2.45) is 5.92 Å². The first-order valence-electron chi connectivity index (χ1n) is 4.69. The van der Waals surface area contributed by atoms with Crippen molar-refractivity contribution < 1.29 is 13.9 Å². The van der Waals surface area contributed by atoms with E-state index in [0.717, 1.165) is 0 Å². The molecule has 1 saturated carbocycles. The van der Waals surface area contributed by atoms with E-state index in [1.807, 2.05) is 0 Å². The van der Waals surface area contributed by atoms with Gasteiger partial charge in [-0.2, -0.15) is 0 Å². The first kappa shape index (κ1) is 16.6. The minimum absolute atomic E-state index is 0.176. The summed E-state index contributed by atoms with van der Waals surface area (Å²) in [6.07, 6.45) is 0.586. The second-order valence-corrected chi connectivity index (χ2v) is 14.9. The Labute approximate surface area is 123 Å². The van der Waals surface area contributed by atoms with Gasteiger partial charge in [-0.25, -0.2) is 0 Å². The summed E-state index contributed by atoms with van der Waals surface area (Å²) in [4.78, 5) is 11.2. The lowest BCUT2D eigenvalue weighted by Gasteiger charge is -2.33. The highest BCUT2D eigenvalue weighted by atomic mass is 35.9. The van der Waals surface area contributed by atoms with Crippen LogP contribution in [0.1, 0.15) is 19.3 Å². The molecular weight excluding hydrogens is 371 g/mol. The largest absolute Gasteiger partial charge is 0.289 e. The van der Waals surface area contributed by atoms with Crippen LogP contribution in [-0.4, -0.2) is 16.6 Å². The lowest BCUT2D eigenvalue weighted by Crippen LogP contribution is -2.30. The average molecular weight is 380 g/mol. The van der Waals surface area contributed by atoms with E-state index in [1.165, 1.54) is 0 Å². The van der Waals surface area contributed by atoms with Crippen LogP contribution in [0.2, 0.25) is 0 Å². The second-order valence-electron chi connectivity index (χ2n) is 4.02. The van der Waals surface area contributed by atoms with Gasteiger partial charge in [0.05, 0.1) is 0 Å². The summed E-state index contributed by atoms with van der Waals surface area (Å²) in [6, 6.07) is 0. The van der Waals surface area contributed by atoms with E-state index in [2.05, 4.69) is 0 Å². The van der Waals surface area contributed by atoms with Crippen molar-refractivity contribution in [2.45, 2.75) is 30.6 Å². The Hall–Kier alpha value is 1.58. The highest BCUT2D eigenvalue weighted by Crippen LogP contribution is 2.70. The molecule has 0 saturated heterocycles. The third kappa shape index (κ3) is 4.88. The molecule has 0 aliphatic heterocycles. The normalized spacial score (nSPS) is 31.2. The minimum atomic E-state index is -3.43. The van der Waals surface area contributed by atoms with E-state index in [-0.39, 0.29) is 19.3 Å². The lowest BCUT2D eigenvalue weighted by molar-refractivity contribution is -0.115. The third-order valence-corrected chi connectivity index (χ3v) is 8.99. The smallest absolute Gasteiger partial charge is 0.256 e. The van der Waals surface area contributed by atoms with Gasteiger partial charge in [0.25, 0.3) is 11.7 Å². The number of hydrogen-bond donors (Lipinski definition) is 0. The molecule has 0 amide bonds. The SMILES string of the molecule is O=C(Cl)C1CC(P(=O)(Cl)Cl)CC(P(=O)(Cl)Cl)C1. The number of hydrogen-bond acceptors (Lipinski definition) is 3. The predicted octanol–water partition coefficient (Wildman–Crippen LogP) is 5.63. The fourth-order valence-corrected chi connectivity index (χ4v) is 6.19. The van der Waals surface area contributed by atoms with E-state index < -0.39 is 34.2 Å². The highest BCUT2D eigenvalue weighted by molar-refractivity contribution is 8.09. The van der Waals surface area contributed by atoms with Crippen LogP contribution in [0.15, 0.2) is 0 Å². The van der Waals surface area contributed by atoms with Crippen LogP contribution >= 0.6 is 68.3 Å². The molecule has 0 N–H and O–H groups in total. The Morgan fingerprint density at radius 2 is 1.24 bits per heavy atom. The highest BCUT2D eigenvalue weighted by Gasteiger charge is 2.45. The summed E-state index contributed by atoms with van der Waals surface area (Å²) in [5.74, 6) is -7.47. The monoisotopic (exact) mass is 378 g/mol. The second kappa shape index (κ2) is 5.92. The summed E-state index contributed by atoms with van der Waals surface area (Å²) < 4.78 is 23.2. The average Bonchev–Trinajstić information content (AvgIpc) is 2.14. The molecule has 2 atom stereocenters. The summed E-state index contributed by atoms with van der Waals surface area (Å²) in [7, 11) is 0. The van der Waals surface area contributed by atoms with Gasteiger partial charge in [-0.3, -0.25) is 13.9 Å². The zero-order chi connectivity index (χ0) is 13.4. The Balaban J connectivity index is 2.96. The standard InChI is InChI=1S/C7H9Cl5O3P2/c8-7(13)4-1-5(16(9,10)14)3-6(2-4)17(11,12)15/h4-6H,1-3H2. The number of carbonyl (C=O) groups is 1. The summed E-state index contributed by atoms with van der Waals surface area (Å²) in [6.45, 7) is 0. The zero-order valence-corrected chi connectivity index (χ0v) is 13.9. The molecule has 1 fully saturated rings. The molecule has 0 aromatic rings. The van der Waals surface area contributed by atoms with Crippen LogP contribution in [0, 0.1) is 5.92 Å². The van der Waals surface area contributed by atoms with E-state index in [4.69, 9.17) is 56.6 Å². The van der Waals surface area contributed by atoms with E-state index in [9.17, 15) is 13.9 Å². The molecule has 1 aliphatic carbocycles. The van der Waals surface area contributed by atoms with Gasteiger partial charge in [0.1, 0.15) is 0 Å². The maximum Gasteiger partial charge on any atom is 0.256 e. The van der Waals surface area contributed by atoms with Crippen molar-refractivity contribution in [3.63, 3.8) is 0 Å². The van der Waals surface area contributed by atoms with Crippen LogP contribution in [0.3, 0.4) is 0 Å². The third-order valence-electron chi connectivity index (χ3n) is 2.83. The Kier molecular flexibility index (Phi) is 5.79. The number of halogens is 5. The van der Waals surface area contributed by atoms with Gasteiger partial charge in [-0.1, -0.05) is 0 Å². The Bertz CT molecular complexity index is 372. The first-order chi connectivity index (χ1) is 7.51. The van der Waals surface area contributed by atoms with Crippen LogP contribution in [0.25, 0.3) is 0 Å². The van der Waals surface area contributed by atoms with E-state index >= 15 is 0 Å². The molecule has 1 rings (SSSR count). The van der Waals surface area contributed by atoms with Gasteiger partial charge in [0.15, 0.2) is 0 Å². The summed E-state index contributed by atoms with van der Waals surface area (Å²) in [5.41, 5.74) is -1.30. The molecule has 0 aromatic heterocycles. The lowest BCUT2D eigenvalue weighted by atomic mass is 9.89. The van der Waals surface area contributed by atoms with Crippen LogP contribution in [0.5, 0.6) is 0 Å². The molecule has 0 heterocycles. The van der Waals surface area contributed by atoms with Crippen LogP contribution < -0.4 is 0 Å². The molecule has 10 heteroatoms. The van der Waals surface area contributed by atoms with Gasteiger partial charge < -0.3 is 0 Å². The van der Waals surface area contributed by atoms with Crippen molar-refractivity contribution >= 4 is 73.5 Å². The maximum absolute atomic E-state index is 11.6. The summed E-state index contributed by atoms with van der Waals surface area (Å²) in [5, 5.41) is -0.608. The van der Waals surface area contributed by atoms with Crippen molar-refractivity contribution in [3.8, 4) is 0 Å². The first-order valence-corrected chi connectivity index (χ1v) is 12.2. The topological polar surface area (TPSA) is 51.2 Å². The fraction of sp³-hybridized carbons (Fsp3) is 0.857. The number of rotatable bonds is 3. The Morgan fingerprint density at radius 3 is 1.47 bits per heavy atom. The minimum Gasteiger partial charge on any atom is -0.289 e. The van der Waals surface area contributed by atoms with E-state index in [1.54, 1.807) is 0 Å². The zero-order valence-electron chi connectivity index (χ0n) is 8.36.